The number of amidine groups is 1. The topological polar surface area (TPSA) is 79.7 Å². The highest BCUT2D eigenvalue weighted by atomic mass is 35.5. The van der Waals surface area contributed by atoms with E-state index in [1.165, 1.54) is 35.2 Å². The number of aromatic nitrogens is 1. The average molecular weight is 470 g/mol. The fourth-order valence-corrected chi connectivity index (χ4v) is 5.23. The lowest BCUT2D eigenvalue weighted by Gasteiger charge is -2.12. The van der Waals surface area contributed by atoms with Gasteiger partial charge in [-0.15, -0.1) is 11.0 Å². The van der Waals surface area contributed by atoms with Gasteiger partial charge in [0.05, 0.1) is 21.0 Å². The Morgan fingerprint density at radius 2 is 1.84 bits per heavy atom. The second kappa shape index (κ2) is 8.66. The van der Waals surface area contributed by atoms with Crippen LogP contribution in [0.2, 0.25) is 5.02 Å². The van der Waals surface area contributed by atoms with Gasteiger partial charge in [0.25, 0.3) is 15.9 Å². The number of hydrogen-bond acceptors (Lipinski definition) is 5. The number of carbonyl (C=O) groups excluding carboxylic acids is 1. The summed E-state index contributed by atoms with van der Waals surface area (Å²) in [6.07, 6.45) is 3.15. The molecule has 0 spiro atoms. The number of benzene rings is 2. The molecular weight excluding hydrogens is 454 g/mol. The molecule has 2 aromatic carbocycles. The number of hydrogen-bond donors (Lipinski definition) is 0. The molecule has 1 fully saturated rings. The molecule has 1 aromatic heterocycles. The molecule has 3 aromatic rings. The molecular formula is C22H16ClN3O3S2. The van der Waals surface area contributed by atoms with Crippen molar-refractivity contribution in [2.75, 3.05) is 6.54 Å². The van der Waals surface area contributed by atoms with Crippen molar-refractivity contribution in [1.29, 1.82) is 0 Å². The van der Waals surface area contributed by atoms with Crippen molar-refractivity contribution in [3.05, 3.63) is 88.9 Å². The minimum absolute atomic E-state index is 0.00960. The monoisotopic (exact) mass is 469 g/mol. The van der Waals surface area contributed by atoms with E-state index in [-0.39, 0.29) is 22.5 Å². The van der Waals surface area contributed by atoms with E-state index >= 15 is 0 Å². The summed E-state index contributed by atoms with van der Waals surface area (Å²) in [4.78, 5) is 19.1. The second-order valence-electron chi connectivity index (χ2n) is 6.55. The molecule has 9 heteroatoms. The summed E-state index contributed by atoms with van der Waals surface area (Å²) >= 11 is 6.82. The Labute approximate surface area is 189 Å². The second-order valence-corrected chi connectivity index (χ2v) is 9.60. The van der Waals surface area contributed by atoms with Crippen LogP contribution in [-0.4, -0.2) is 35.9 Å². The highest BCUT2D eigenvalue weighted by Gasteiger charge is 2.34. The lowest BCUT2D eigenvalue weighted by atomic mass is 10.2. The SMILES string of the molecule is C=CCN1C(=O)/C(=C/c2ccc3ccccc3n2)S/C1=N/S(=O)(=O)c1ccc(Cl)cc1. The number of rotatable bonds is 5. The Bertz CT molecular complexity index is 1350. The molecule has 1 aliphatic heterocycles. The first-order valence-electron chi connectivity index (χ1n) is 9.16. The van der Waals surface area contributed by atoms with Gasteiger partial charge in [0, 0.05) is 17.0 Å². The van der Waals surface area contributed by atoms with Crippen LogP contribution in [0.25, 0.3) is 17.0 Å². The van der Waals surface area contributed by atoms with Gasteiger partial charge in [0.1, 0.15) is 0 Å². The number of thioether (sulfide) groups is 1. The van der Waals surface area contributed by atoms with Crippen LogP contribution >= 0.6 is 23.4 Å². The maximum Gasteiger partial charge on any atom is 0.284 e. The zero-order valence-electron chi connectivity index (χ0n) is 16.1. The molecule has 0 unspecified atom stereocenters. The maximum absolute atomic E-state index is 12.9. The van der Waals surface area contributed by atoms with Crippen molar-refractivity contribution in [3.8, 4) is 0 Å². The summed E-state index contributed by atoms with van der Waals surface area (Å²) in [5.41, 5.74) is 1.39. The number of sulfonamides is 1. The molecule has 156 valence electrons. The molecule has 31 heavy (non-hydrogen) atoms. The summed E-state index contributed by atoms with van der Waals surface area (Å²) in [6, 6.07) is 17.1. The van der Waals surface area contributed by atoms with Gasteiger partial charge in [-0.1, -0.05) is 41.9 Å². The van der Waals surface area contributed by atoms with E-state index in [9.17, 15) is 13.2 Å². The van der Waals surface area contributed by atoms with Crippen LogP contribution < -0.4 is 0 Å². The Morgan fingerprint density at radius 1 is 1.10 bits per heavy atom. The number of pyridine rings is 1. The van der Waals surface area contributed by atoms with Crippen LogP contribution in [0.4, 0.5) is 0 Å². The normalized spacial score (nSPS) is 17.1. The van der Waals surface area contributed by atoms with Gasteiger partial charge in [-0.05, 0) is 54.2 Å². The lowest BCUT2D eigenvalue weighted by Crippen LogP contribution is -2.29. The minimum Gasteiger partial charge on any atom is -0.282 e. The van der Waals surface area contributed by atoms with E-state index < -0.39 is 10.0 Å². The van der Waals surface area contributed by atoms with Crippen molar-refractivity contribution < 1.29 is 13.2 Å². The molecule has 6 nitrogen and oxygen atoms in total. The first kappa shape index (κ1) is 21.3. The molecule has 2 heterocycles. The van der Waals surface area contributed by atoms with E-state index in [0.717, 1.165) is 22.7 Å². The van der Waals surface area contributed by atoms with E-state index in [0.29, 0.717) is 15.6 Å². The van der Waals surface area contributed by atoms with Gasteiger partial charge in [0.2, 0.25) is 0 Å². The van der Waals surface area contributed by atoms with Crippen molar-refractivity contribution in [1.82, 2.24) is 9.88 Å². The fourth-order valence-electron chi connectivity index (χ4n) is 2.92. The lowest BCUT2D eigenvalue weighted by molar-refractivity contribution is -0.121. The third kappa shape index (κ3) is 4.56. The molecule has 0 aliphatic carbocycles. The Kier molecular flexibility index (Phi) is 5.95. The molecule has 0 saturated carbocycles. The van der Waals surface area contributed by atoms with Crippen LogP contribution in [0.3, 0.4) is 0 Å². The van der Waals surface area contributed by atoms with Crippen molar-refractivity contribution in [3.63, 3.8) is 0 Å². The predicted octanol–water partition coefficient (Wildman–Crippen LogP) is 4.74. The van der Waals surface area contributed by atoms with Gasteiger partial charge in [-0.25, -0.2) is 4.98 Å². The van der Waals surface area contributed by atoms with Crippen LogP contribution in [-0.2, 0) is 14.8 Å². The Hall–Kier alpha value is -2.94. The van der Waals surface area contributed by atoms with E-state index in [1.54, 1.807) is 12.1 Å². The third-order valence-corrected chi connectivity index (χ3v) is 7.06. The quantitative estimate of drug-likeness (QED) is 0.398. The van der Waals surface area contributed by atoms with Gasteiger partial charge >= 0.3 is 0 Å². The number of carbonyl (C=O) groups is 1. The number of para-hydroxylation sites is 1. The standard InChI is InChI=1S/C22H16ClN3O3S2/c1-2-13-26-21(27)20(14-17-10-7-15-5-3-4-6-19(15)24-17)30-22(26)25-31(28,29)18-11-8-16(23)9-12-18/h2-12,14H,1,13H2/b20-14-,25-22+. The fraction of sp³-hybridized carbons (Fsp3) is 0.0455. The summed E-state index contributed by atoms with van der Waals surface area (Å²) in [7, 11) is -4.02. The van der Waals surface area contributed by atoms with Crippen LogP contribution in [0, 0.1) is 0 Å². The van der Waals surface area contributed by atoms with E-state index in [1.807, 2.05) is 30.3 Å². The zero-order chi connectivity index (χ0) is 22.0. The van der Waals surface area contributed by atoms with Crippen molar-refractivity contribution >= 4 is 61.4 Å². The summed E-state index contributed by atoms with van der Waals surface area (Å²) in [6.45, 7) is 3.77. The molecule has 0 N–H and O–H groups in total. The molecule has 1 saturated heterocycles. The molecule has 1 aliphatic rings. The zero-order valence-corrected chi connectivity index (χ0v) is 18.5. The van der Waals surface area contributed by atoms with Crippen LogP contribution in [0.1, 0.15) is 5.69 Å². The highest BCUT2D eigenvalue weighted by Crippen LogP contribution is 2.33. The minimum atomic E-state index is -4.02. The molecule has 1 amide bonds. The van der Waals surface area contributed by atoms with Crippen LogP contribution in [0.5, 0.6) is 0 Å². The first-order valence-corrected chi connectivity index (χ1v) is 11.8. The average Bonchev–Trinajstić information content (AvgIpc) is 3.02. The number of nitrogens with zero attached hydrogens (tertiary/aromatic N) is 3. The van der Waals surface area contributed by atoms with E-state index in [2.05, 4.69) is 16.0 Å². The summed E-state index contributed by atoms with van der Waals surface area (Å²) in [5, 5.41) is 1.46. The maximum atomic E-state index is 12.9. The van der Waals surface area contributed by atoms with Gasteiger partial charge in [-0.3, -0.25) is 9.69 Å². The summed E-state index contributed by atoms with van der Waals surface area (Å²) < 4.78 is 29.4. The first-order chi connectivity index (χ1) is 14.9. The van der Waals surface area contributed by atoms with Gasteiger partial charge < -0.3 is 0 Å². The molecule has 0 atom stereocenters. The summed E-state index contributed by atoms with van der Waals surface area (Å²) in [5.74, 6) is -0.357. The third-order valence-electron chi connectivity index (χ3n) is 4.41. The Balaban J connectivity index is 1.71. The number of halogens is 1. The molecule has 0 radical (unpaired) electrons. The highest BCUT2D eigenvalue weighted by molar-refractivity contribution is 8.19. The molecule has 4 rings (SSSR count). The predicted molar refractivity (Wildman–Crippen MR) is 125 cm³/mol. The number of fused-ring (bicyclic) bond motifs is 1. The van der Waals surface area contributed by atoms with Crippen molar-refractivity contribution in [2.24, 2.45) is 4.40 Å². The van der Waals surface area contributed by atoms with Crippen molar-refractivity contribution in [2.45, 2.75) is 4.90 Å². The smallest absolute Gasteiger partial charge is 0.282 e. The van der Waals surface area contributed by atoms with Gasteiger partial charge in [0.15, 0.2) is 5.17 Å². The van der Waals surface area contributed by atoms with E-state index in [4.69, 9.17) is 11.6 Å². The Morgan fingerprint density at radius 3 is 2.58 bits per heavy atom. The number of amides is 1. The molecule has 0 bridgehead atoms. The van der Waals surface area contributed by atoms with Crippen LogP contribution in [0.15, 0.2) is 87.5 Å². The van der Waals surface area contributed by atoms with Gasteiger partial charge in [-0.2, -0.15) is 8.42 Å². The largest absolute Gasteiger partial charge is 0.284 e.